The van der Waals surface area contributed by atoms with E-state index in [9.17, 15) is 0 Å². The molecular formula is C10H12N4. The first-order valence-electron chi connectivity index (χ1n) is 4.96. The molecule has 1 N–H and O–H groups in total. The average molecular weight is 188 g/mol. The second-order valence-electron chi connectivity index (χ2n) is 3.69. The Balaban J connectivity index is 2.11. The molecule has 1 aliphatic rings. The van der Waals surface area contributed by atoms with E-state index in [4.69, 9.17) is 0 Å². The number of nitrogens with one attached hydrogen (secondary N) is 1. The number of aromatic nitrogens is 3. The Kier molecular flexibility index (Phi) is 1.73. The van der Waals surface area contributed by atoms with Gasteiger partial charge in [0.1, 0.15) is 0 Å². The van der Waals surface area contributed by atoms with Crippen LogP contribution in [0.1, 0.15) is 18.0 Å². The summed E-state index contributed by atoms with van der Waals surface area (Å²) in [5.41, 5.74) is 2.27. The monoisotopic (exact) mass is 188 g/mol. The quantitative estimate of drug-likeness (QED) is 0.720. The fourth-order valence-corrected chi connectivity index (χ4v) is 2.04. The van der Waals surface area contributed by atoms with Gasteiger partial charge in [-0.05, 0) is 25.1 Å². The molecule has 14 heavy (non-hydrogen) atoms. The highest BCUT2D eigenvalue weighted by atomic mass is 15.4. The molecule has 1 saturated heterocycles. The third-order valence-corrected chi connectivity index (χ3v) is 2.80. The predicted molar refractivity (Wildman–Crippen MR) is 53.2 cm³/mol. The topological polar surface area (TPSA) is 42.2 Å². The standard InChI is InChI=1S/C10H12N4/c1-2-6-14-9(3-1)10(12-13-14)8-4-5-11-7-8/h1-3,6,8,11H,4-5,7H2. The maximum atomic E-state index is 4.25. The van der Waals surface area contributed by atoms with E-state index >= 15 is 0 Å². The molecule has 0 spiro atoms. The van der Waals surface area contributed by atoms with Crippen LogP contribution in [-0.4, -0.2) is 27.9 Å². The summed E-state index contributed by atoms with van der Waals surface area (Å²) in [6, 6.07) is 6.08. The maximum Gasteiger partial charge on any atom is 0.0949 e. The van der Waals surface area contributed by atoms with Crippen LogP contribution in [0.2, 0.25) is 0 Å². The molecule has 4 nitrogen and oxygen atoms in total. The summed E-state index contributed by atoms with van der Waals surface area (Å²) in [5, 5.41) is 11.7. The molecule has 0 radical (unpaired) electrons. The third-order valence-electron chi connectivity index (χ3n) is 2.80. The van der Waals surface area contributed by atoms with Crippen LogP contribution in [0.3, 0.4) is 0 Å². The molecule has 1 fully saturated rings. The number of hydrogen-bond donors (Lipinski definition) is 1. The Morgan fingerprint density at radius 1 is 1.43 bits per heavy atom. The Morgan fingerprint density at radius 3 is 3.29 bits per heavy atom. The summed E-state index contributed by atoms with van der Waals surface area (Å²) in [4.78, 5) is 0. The average Bonchev–Trinajstić information content (AvgIpc) is 2.85. The Bertz CT molecular complexity index is 442. The van der Waals surface area contributed by atoms with Crippen LogP contribution in [0.15, 0.2) is 24.4 Å². The van der Waals surface area contributed by atoms with E-state index in [0.29, 0.717) is 5.92 Å². The van der Waals surface area contributed by atoms with E-state index in [1.807, 2.05) is 22.8 Å². The molecule has 3 heterocycles. The molecule has 0 saturated carbocycles. The van der Waals surface area contributed by atoms with Gasteiger partial charge in [-0.2, -0.15) is 0 Å². The van der Waals surface area contributed by atoms with Crippen LogP contribution in [-0.2, 0) is 0 Å². The highest BCUT2D eigenvalue weighted by Crippen LogP contribution is 2.23. The molecule has 0 aliphatic carbocycles. The van der Waals surface area contributed by atoms with Gasteiger partial charge in [0.05, 0.1) is 11.2 Å². The number of fused-ring (bicyclic) bond motifs is 1. The summed E-state index contributed by atoms with van der Waals surface area (Å²) < 4.78 is 1.84. The molecule has 72 valence electrons. The summed E-state index contributed by atoms with van der Waals surface area (Å²) in [6.45, 7) is 2.12. The zero-order valence-electron chi connectivity index (χ0n) is 7.85. The van der Waals surface area contributed by atoms with Gasteiger partial charge in [0.2, 0.25) is 0 Å². The van der Waals surface area contributed by atoms with Crippen molar-refractivity contribution in [1.82, 2.24) is 20.1 Å². The lowest BCUT2D eigenvalue weighted by molar-refractivity contribution is 0.728. The third kappa shape index (κ3) is 1.11. The van der Waals surface area contributed by atoms with Crippen LogP contribution >= 0.6 is 0 Å². The van der Waals surface area contributed by atoms with Crippen molar-refractivity contribution in [2.24, 2.45) is 0 Å². The van der Waals surface area contributed by atoms with Crippen LogP contribution in [0.5, 0.6) is 0 Å². The number of nitrogens with zero attached hydrogens (tertiary/aromatic N) is 3. The van der Waals surface area contributed by atoms with Crippen LogP contribution in [0.25, 0.3) is 5.52 Å². The molecule has 1 unspecified atom stereocenters. The van der Waals surface area contributed by atoms with Crippen LogP contribution in [0, 0.1) is 0 Å². The van der Waals surface area contributed by atoms with Crippen molar-refractivity contribution in [2.45, 2.75) is 12.3 Å². The van der Waals surface area contributed by atoms with Crippen molar-refractivity contribution in [3.05, 3.63) is 30.1 Å². The van der Waals surface area contributed by atoms with Gasteiger partial charge in [-0.25, -0.2) is 4.52 Å². The number of pyridine rings is 1. The second-order valence-corrected chi connectivity index (χ2v) is 3.69. The maximum absolute atomic E-state index is 4.25. The molecule has 1 atom stereocenters. The van der Waals surface area contributed by atoms with Crippen molar-refractivity contribution in [3.8, 4) is 0 Å². The lowest BCUT2D eigenvalue weighted by atomic mass is 10.0. The van der Waals surface area contributed by atoms with Crippen molar-refractivity contribution in [2.75, 3.05) is 13.1 Å². The minimum absolute atomic E-state index is 0.537. The van der Waals surface area contributed by atoms with Gasteiger partial charge in [0, 0.05) is 18.7 Å². The van der Waals surface area contributed by atoms with Crippen LogP contribution < -0.4 is 5.32 Å². The van der Waals surface area contributed by atoms with Gasteiger partial charge in [0.25, 0.3) is 0 Å². The number of hydrogen-bond acceptors (Lipinski definition) is 3. The summed E-state index contributed by atoms with van der Waals surface area (Å²) in [5.74, 6) is 0.537. The minimum Gasteiger partial charge on any atom is -0.316 e. The number of rotatable bonds is 1. The molecule has 0 amide bonds. The van der Waals surface area contributed by atoms with E-state index in [-0.39, 0.29) is 0 Å². The summed E-state index contributed by atoms with van der Waals surface area (Å²) in [7, 11) is 0. The summed E-state index contributed by atoms with van der Waals surface area (Å²) in [6.07, 6.45) is 3.11. The van der Waals surface area contributed by atoms with E-state index in [2.05, 4.69) is 21.7 Å². The predicted octanol–water partition coefficient (Wildman–Crippen LogP) is 0.806. The zero-order chi connectivity index (χ0) is 9.38. The van der Waals surface area contributed by atoms with Gasteiger partial charge in [-0.15, -0.1) is 5.10 Å². The Labute approximate surface area is 81.9 Å². The van der Waals surface area contributed by atoms with E-state index in [1.54, 1.807) is 0 Å². The smallest absolute Gasteiger partial charge is 0.0949 e. The van der Waals surface area contributed by atoms with E-state index in [1.165, 1.54) is 6.42 Å². The Morgan fingerprint density at radius 2 is 2.43 bits per heavy atom. The zero-order valence-corrected chi connectivity index (χ0v) is 7.85. The van der Waals surface area contributed by atoms with E-state index in [0.717, 1.165) is 24.3 Å². The molecule has 0 aromatic carbocycles. The summed E-state index contributed by atoms with van der Waals surface area (Å²) >= 11 is 0. The highest BCUT2D eigenvalue weighted by Gasteiger charge is 2.21. The first-order valence-corrected chi connectivity index (χ1v) is 4.96. The van der Waals surface area contributed by atoms with Crippen molar-refractivity contribution in [1.29, 1.82) is 0 Å². The van der Waals surface area contributed by atoms with Gasteiger partial charge in [0.15, 0.2) is 0 Å². The van der Waals surface area contributed by atoms with Gasteiger partial charge in [-0.1, -0.05) is 11.3 Å². The molecule has 4 heteroatoms. The van der Waals surface area contributed by atoms with Crippen molar-refractivity contribution in [3.63, 3.8) is 0 Å². The van der Waals surface area contributed by atoms with Crippen LogP contribution in [0.4, 0.5) is 0 Å². The second kappa shape index (κ2) is 3.06. The lowest BCUT2D eigenvalue weighted by Gasteiger charge is -2.02. The van der Waals surface area contributed by atoms with E-state index < -0.39 is 0 Å². The minimum atomic E-state index is 0.537. The molecule has 2 aromatic heterocycles. The highest BCUT2D eigenvalue weighted by molar-refractivity contribution is 5.52. The van der Waals surface area contributed by atoms with Crippen molar-refractivity contribution >= 4 is 5.52 Å². The fraction of sp³-hybridized carbons (Fsp3) is 0.400. The normalized spacial score (nSPS) is 21.9. The van der Waals surface area contributed by atoms with Crippen molar-refractivity contribution < 1.29 is 0 Å². The Hall–Kier alpha value is -1.42. The van der Waals surface area contributed by atoms with Gasteiger partial charge >= 0.3 is 0 Å². The molecule has 1 aliphatic heterocycles. The van der Waals surface area contributed by atoms with Gasteiger partial charge in [-0.3, -0.25) is 0 Å². The molecule has 0 bridgehead atoms. The largest absolute Gasteiger partial charge is 0.316 e. The molecular weight excluding hydrogens is 176 g/mol. The fourth-order valence-electron chi connectivity index (χ4n) is 2.04. The SMILES string of the molecule is c1ccn2nnc(C3CCNC3)c2c1. The van der Waals surface area contributed by atoms with Gasteiger partial charge < -0.3 is 5.32 Å². The first-order chi connectivity index (χ1) is 6.95. The lowest BCUT2D eigenvalue weighted by Crippen LogP contribution is -2.08. The first kappa shape index (κ1) is 7.94. The molecule has 2 aromatic rings. The molecule has 3 rings (SSSR count).